The predicted octanol–water partition coefficient (Wildman–Crippen LogP) is 2.56. The van der Waals surface area contributed by atoms with E-state index in [1.165, 1.54) is 18.3 Å². The Bertz CT molecular complexity index is 740. The van der Waals surface area contributed by atoms with Crippen molar-refractivity contribution in [2.24, 2.45) is 0 Å². The highest BCUT2D eigenvalue weighted by Crippen LogP contribution is 2.38. The maximum atomic E-state index is 11.4. The summed E-state index contributed by atoms with van der Waals surface area (Å²) in [5.74, 6) is -0.906. The zero-order chi connectivity index (χ0) is 15.0. The second kappa shape index (κ2) is 4.69. The van der Waals surface area contributed by atoms with Crippen LogP contribution in [-0.2, 0) is 4.79 Å². The number of nitro groups is 1. The Hall–Kier alpha value is -2.70. The number of non-ortho nitro benzene ring substituents is 1. The van der Waals surface area contributed by atoms with Crippen LogP contribution in [0.15, 0.2) is 30.5 Å². The molecule has 0 atom stereocenters. The lowest BCUT2D eigenvalue weighted by molar-refractivity contribution is -0.383. The van der Waals surface area contributed by atoms with Crippen molar-refractivity contribution >= 4 is 28.2 Å². The Kier molecular flexibility index (Phi) is 2.97. The van der Waals surface area contributed by atoms with E-state index in [4.69, 9.17) is 0 Å². The second-order valence-corrected chi connectivity index (χ2v) is 5.15. The first-order valence-corrected chi connectivity index (χ1v) is 6.57. The van der Waals surface area contributed by atoms with Gasteiger partial charge in [-0.05, 0) is 37.5 Å². The van der Waals surface area contributed by atoms with E-state index in [0.717, 1.165) is 6.42 Å². The van der Waals surface area contributed by atoms with Crippen LogP contribution in [0, 0.1) is 10.1 Å². The molecule has 2 N–H and O–H groups in total. The van der Waals surface area contributed by atoms with Crippen molar-refractivity contribution in [1.82, 2.24) is 4.98 Å². The van der Waals surface area contributed by atoms with Gasteiger partial charge in [0.2, 0.25) is 0 Å². The number of carboxylic acid groups (broad SMARTS) is 1. The minimum absolute atomic E-state index is 0.0402. The highest BCUT2D eigenvalue weighted by atomic mass is 16.6. The molecule has 0 bridgehead atoms. The summed E-state index contributed by atoms with van der Waals surface area (Å²) in [6, 6.07) is 6.13. The molecule has 7 heteroatoms. The number of carbonyl (C=O) groups is 1. The standard InChI is InChI=1S/C14H13N3O4/c18-13(19)14(6-2-7-14)16-10-4-5-11(17(20)21)9-3-1-8-15-12(9)10/h1,3-5,8,16H,2,6-7H2,(H,18,19). The molecule has 2 aromatic rings. The maximum absolute atomic E-state index is 11.4. The Morgan fingerprint density at radius 3 is 2.71 bits per heavy atom. The number of rotatable bonds is 4. The molecule has 1 heterocycles. The molecule has 0 saturated heterocycles. The molecule has 7 nitrogen and oxygen atoms in total. The highest BCUT2D eigenvalue weighted by Gasteiger charge is 2.44. The van der Waals surface area contributed by atoms with Gasteiger partial charge in [-0.25, -0.2) is 4.79 Å². The number of benzene rings is 1. The Morgan fingerprint density at radius 2 is 2.14 bits per heavy atom. The normalized spacial score (nSPS) is 16.2. The minimum atomic E-state index is -0.986. The third-order valence-electron chi connectivity index (χ3n) is 3.93. The molecule has 3 rings (SSSR count). The number of pyridine rings is 1. The van der Waals surface area contributed by atoms with Crippen molar-refractivity contribution < 1.29 is 14.8 Å². The number of nitrogens with one attached hydrogen (secondary N) is 1. The first-order chi connectivity index (χ1) is 10.0. The van der Waals surface area contributed by atoms with Crippen LogP contribution in [0.1, 0.15) is 19.3 Å². The van der Waals surface area contributed by atoms with E-state index >= 15 is 0 Å². The summed E-state index contributed by atoms with van der Waals surface area (Å²) in [4.78, 5) is 26.2. The average molecular weight is 287 g/mol. The van der Waals surface area contributed by atoms with Gasteiger partial charge >= 0.3 is 5.97 Å². The Balaban J connectivity index is 2.10. The molecule has 1 aliphatic carbocycles. The van der Waals surface area contributed by atoms with Crippen molar-refractivity contribution in [3.63, 3.8) is 0 Å². The number of aromatic nitrogens is 1. The second-order valence-electron chi connectivity index (χ2n) is 5.15. The summed E-state index contributed by atoms with van der Waals surface area (Å²) in [5, 5.41) is 23.8. The summed E-state index contributed by atoms with van der Waals surface area (Å²) < 4.78 is 0. The molecule has 21 heavy (non-hydrogen) atoms. The van der Waals surface area contributed by atoms with Crippen molar-refractivity contribution in [2.45, 2.75) is 24.8 Å². The van der Waals surface area contributed by atoms with Crippen LogP contribution in [0.4, 0.5) is 11.4 Å². The molecule has 108 valence electrons. The molecular weight excluding hydrogens is 274 g/mol. The third-order valence-corrected chi connectivity index (χ3v) is 3.93. The molecule has 1 saturated carbocycles. The Morgan fingerprint density at radius 1 is 1.38 bits per heavy atom. The van der Waals surface area contributed by atoms with E-state index in [1.807, 2.05) is 0 Å². The van der Waals surface area contributed by atoms with E-state index in [-0.39, 0.29) is 5.69 Å². The number of hydrogen-bond acceptors (Lipinski definition) is 5. The van der Waals surface area contributed by atoms with Crippen LogP contribution in [0.5, 0.6) is 0 Å². The fraction of sp³-hybridized carbons (Fsp3) is 0.286. The van der Waals surface area contributed by atoms with Gasteiger partial charge in [0.05, 0.1) is 16.0 Å². The summed E-state index contributed by atoms with van der Waals surface area (Å²) >= 11 is 0. The predicted molar refractivity (Wildman–Crippen MR) is 76.2 cm³/mol. The summed E-state index contributed by atoms with van der Waals surface area (Å²) in [6.45, 7) is 0. The number of nitrogens with zero attached hydrogens (tertiary/aromatic N) is 2. The zero-order valence-electron chi connectivity index (χ0n) is 11.1. The maximum Gasteiger partial charge on any atom is 0.329 e. The lowest BCUT2D eigenvalue weighted by Gasteiger charge is -2.39. The first-order valence-electron chi connectivity index (χ1n) is 6.57. The van der Waals surface area contributed by atoms with E-state index in [9.17, 15) is 20.0 Å². The Labute approximate surface area is 119 Å². The average Bonchev–Trinajstić information content (AvgIpc) is 2.41. The highest BCUT2D eigenvalue weighted by molar-refractivity contribution is 5.98. The molecule has 0 radical (unpaired) electrons. The monoisotopic (exact) mass is 287 g/mol. The van der Waals surface area contributed by atoms with Crippen molar-refractivity contribution in [2.75, 3.05) is 5.32 Å². The van der Waals surface area contributed by atoms with Crippen LogP contribution >= 0.6 is 0 Å². The molecular formula is C14H13N3O4. The third kappa shape index (κ3) is 2.06. The van der Waals surface area contributed by atoms with Crippen molar-refractivity contribution in [1.29, 1.82) is 0 Å². The number of fused-ring (bicyclic) bond motifs is 1. The van der Waals surface area contributed by atoms with Crippen LogP contribution in [0.3, 0.4) is 0 Å². The summed E-state index contributed by atoms with van der Waals surface area (Å²) in [5.41, 5.74) is -0.0974. The molecule has 1 aromatic heterocycles. The van der Waals surface area contributed by atoms with Crippen LogP contribution in [0.25, 0.3) is 10.9 Å². The molecule has 1 fully saturated rings. The number of nitro benzene ring substituents is 1. The molecule has 0 unspecified atom stereocenters. The molecule has 1 aliphatic rings. The molecule has 0 aliphatic heterocycles. The number of hydrogen-bond donors (Lipinski definition) is 2. The van der Waals surface area contributed by atoms with Gasteiger partial charge in [-0.2, -0.15) is 0 Å². The topological polar surface area (TPSA) is 105 Å². The van der Waals surface area contributed by atoms with E-state index in [0.29, 0.717) is 29.4 Å². The van der Waals surface area contributed by atoms with Crippen molar-refractivity contribution in [3.8, 4) is 0 Å². The fourth-order valence-electron chi connectivity index (χ4n) is 2.60. The van der Waals surface area contributed by atoms with Gasteiger partial charge < -0.3 is 10.4 Å². The number of anilines is 1. The number of aliphatic carboxylic acids is 1. The van der Waals surface area contributed by atoms with Gasteiger partial charge in [-0.15, -0.1) is 0 Å². The largest absolute Gasteiger partial charge is 0.480 e. The summed E-state index contributed by atoms with van der Waals surface area (Å²) in [6.07, 6.45) is 3.45. The lowest BCUT2D eigenvalue weighted by atomic mass is 9.76. The van der Waals surface area contributed by atoms with E-state index in [1.54, 1.807) is 12.1 Å². The molecule has 1 aromatic carbocycles. The van der Waals surface area contributed by atoms with Crippen LogP contribution < -0.4 is 5.32 Å². The van der Waals surface area contributed by atoms with Gasteiger partial charge in [-0.1, -0.05) is 0 Å². The zero-order valence-corrected chi connectivity index (χ0v) is 11.1. The van der Waals surface area contributed by atoms with E-state index in [2.05, 4.69) is 10.3 Å². The van der Waals surface area contributed by atoms with Gasteiger partial charge in [0, 0.05) is 12.3 Å². The smallest absolute Gasteiger partial charge is 0.329 e. The van der Waals surface area contributed by atoms with Gasteiger partial charge in [0.15, 0.2) is 0 Å². The molecule has 0 spiro atoms. The number of carboxylic acids is 1. The SMILES string of the molecule is O=C(O)C1(Nc2ccc([N+](=O)[O-])c3cccnc23)CCC1. The first kappa shape index (κ1) is 13.3. The van der Waals surface area contributed by atoms with Crippen LogP contribution in [-0.4, -0.2) is 26.5 Å². The quantitative estimate of drug-likeness (QED) is 0.661. The van der Waals surface area contributed by atoms with Crippen LogP contribution in [0.2, 0.25) is 0 Å². The van der Waals surface area contributed by atoms with E-state index < -0.39 is 16.4 Å². The fourth-order valence-corrected chi connectivity index (χ4v) is 2.60. The van der Waals surface area contributed by atoms with Crippen molar-refractivity contribution in [3.05, 3.63) is 40.6 Å². The molecule has 0 amide bonds. The van der Waals surface area contributed by atoms with Gasteiger partial charge in [0.25, 0.3) is 5.69 Å². The van der Waals surface area contributed by atoms with Gasteiger partial charge in [0.1, 0.15) is 11.1 Å². The minimum Gasteiger partial charge on any atom is -0.480 e. The van der Waals surface area contributed by atoms with Gasteiger partial charge in [-0.3, -0.25) is 15.1 Å². The lowest BCUT2D eigenvalue weighted by Crippen LogP contribution is -2.52. The summed E-state index contributed by atoms with van der Waals surface area (Å²) in [7, 11) is 0.